The highest BCUT2D eigenvalue weighted by Gasteiger charge is 2.63. The molecule has 0 radical (unpaired) electrons. The van der Waals surface area contributed by atoms with Gasteiger partial charge in [-0.15, -0.1) is 23.5 Å². The van der Waals surface area contributed by atoms with Gasteiger partial charge in [-0.2, -0.15) is 11.1 Å². The van der Waals surface area contributed by atoms with Crippen molar-refractivity contribution in [3.63, 3.8) is 0 Å². The van der Waals surface area contributed by atoms with Crippen molar-refractivity contribution in [2.45, 2.75) is 90.1 Å². The maximum atomic E-state index is 7.69. The van der Waals surface area contributed by atoms with Crippen molar-refractivity contribution in [3.8, 4) is 0 Å². The zero-order chi connectivity index (χ0) is 46.2. The Labute approximate surface area is 404 Å². The summed E-state index contributed by atoms with van der Waals surface area (Å²) < 4.78 is 15.4. The molecule has 64 heavy (non-hydrogen) atoms. The molecule has 0 heterocycles. The second-order valence-corrected chi connectivity index (χ2v) is 33.4. The summed E-state index contributed by atoms with van der Waals surface area (Å²) in [5.41, 5.74) is -0.105. The van der Waals surface area contributed by atoms with Crippen LogP contribution in [-0.2, 0) is 8.85 Å². The highest BCUT2D eigenvalue weighted by atomic mass is 35.6. The summed E-state index contributed by atoms with van der Waals surface area (Å²) in [4.78, 5) is 0. The normalized spacial score (nSPS) is 17.5. The fraction of sp³-hybridized carbons (Fsp3) is 0.357. The molecule has 6 aromatic carbocycles. The second kappa shape index (κ2) is 21.7. The van der Waals surface area contributed by atoms with E-state index in [1.165, 1.54) is 31.1 Å². The quantitative estimate of drug-likeness (QED) is 0.0615. The summed E-state index contributed by atoms with van der Waals surface area (Å²) in [6.45, 7) is 21.0. The average Bonchev–Trinajstić information content (AvgIpc) is 3.29. The molecule has 7 rings (SSSR count). The van der Waals surface area contributed by atoms with Crippen molar-refractivity contribution < 1.29 is 8.85 Å². The molecule has 0 saturated heterocycles. The molecule has 0 bridgehead atoms. The third-order valence-corrected chi connectivity index (χ3v) is 28.6. The lowest BCUT2D eigenvalue weighted by Crippen LogP contribution is -2.66. The molecule has 1 saturated carbocycles. The van der Waals surface area contributed by atoms with Crippen molar-refractivity contribution in [3.05, 3.63) is 182 Å². The third kappa shape index (κ3) is 11.5. The number of thioether (sulfide) groups is 2. The number of halogens is 1. The molecular formula is C56H71ClO2S2Si3. The summed E-state index contributed by atoms with van der Waals surface area (Å²) in [6.07, 6.45) is 5.88. The van der Waals surface area contributed by atoms with Crippen molar-refractivity contribution >= 4 is 91.2 Å². The lowest BCUT2D eigenvalue weighted by Gasteiger charge is -2.62. The SMILES string of the molecule is CC(C)(C)[Si](Cl)(c1ccccc1)c1ccccc1.CSC1(SC)C[C@@H](C(O[SiH](c2ccccc2)c2ccccc2)C(C)(C)C)[C@@H]1C(O[SiH](c1ccccc1)c1ccccc1)C(C)(C)C. The van der Waals surface area contributed by atoms with E-state index in [0.717, 1.165) is 6.42 Å². The van der Waals surface area contributed by atoms with Gasteiger partial charge in [0.2, 0.25) is 25.5 Å². The standard InChI is InChI=1S/C40H52O2S2Si2.C16H19ClSi/c1-38(2,3)36(41-45(30-21-13-9-14-22-30)31-23-15-10-16-24-31)34-29-40(43-7,44-8)35(34)37(39(4,5)6)42-46(32-25-17-11-18-26-32)33-27-19-12-20-28-33;1-16(2,3)18(17,14-10-6-4-7-11-14)15-12-8-5-9-13-15/h9-28,34-37,45-46H,29H2,1-8H3;4-13H,1-3H3/t34-,35-,36?,37?;/m1./s1. The van der Waals surface area contributed by atoms with Gasteiger partial charge in [0.05, 0.1) is 16.3 Å². The number of benzene rings is 6. The second-order valence-electron chi connectivity index (χ2n) is 20.5. The van der Waals surface area contributed by atoms with Gasteiger partial charge in [-0.25, -0.2) is 0 Å². The first-order valence-electron chi connectivity index (χ1n) is 22.9. The van der Waals surface area contributed by atoms with Crippen LogP contribution in [0.5, 0.6) is 0 Å². The maximum absolute atomic E-state index is 7.69. The van der Waals surface area contributed by atoms with Crippen molar-refractivity contribution in [1.29, 1.82) is 0 Å². The van der Waals surface area contributed by atoms with Crippen LogP contribution in [0.2, 0.25) is 5.04 Å². The molecule has 0 spiro atoms. The van der Waals surface area contributed by atoms with Gasteiger partial charge in [-0.1, -0.05) is 244 Å². The molecule has 2 nitrogen and oxygen atoms in total. The molecule has 1 fully saturated rings. The fourth-order valence-corrected chi connectivity index (χ4v) is 21.8. The summed E-state index contributed by atoms with van der Waals surface area (Å²) in [5, 5.41) is 7.98. The van der Waals surface area contributed by atoms with Crippen molar-refractivity contribution in [2.75, 3.05) is 12.5 Å². The van der Waals surface area contributed by atoms with Crippen LogP contribution in [0.25, 0.3) is 0 Å². The van der Waals surface area contributed by atoms with E-state index in [1.807, 2.05) is 35.7 Å². The molecule has 0 aliphatic heterocycles. The molecule has 0 aromatic heterocycles. The number of hydrogen-bond donors (Lipinski definition) is 0. The topological polar surface area (TPSA) is 18.5 Å². The van der Waals surface area contributed by atoms with Gasteiger partial charge in [0.1, 0.15) is 0 Å². The Morgan fingerprint density at radius 2 is 0.766 bits per heavy atom. The van der Waals surface area contributed by atoms with Gasteiger partial charge in [0.15, 0.2) is 0 Å². The Kier molecular flexibility index (Phi) is 17.0. The monoisotopic (exact) mass is 958 g/mol. The number of rotatable bonds is 14. The van der Waals surface area contributed by atoms with Crippen molar-refractivity contribution in [1.82, 2.24) is 0 Å². The molecule has 4 atom stereocenters. The minimum atomic E-state index is -2.23. The van der Waals surface area contributed by atoms with E-state index < -0.39 is 25.5 Å². The maximum Gasteiger partial charge on any atom is 0.240 e. The molecular weight excluding hydrogens is 888 g/mol. The first-order chi connectivity index (χ1) is 30.4. The van der Waals surface area contributed by atoms with Crippen LogP contribution in [0.15, 0.2) is 182 Å². The minimum absolute atomic E-state index is 0.0428. The Bertz CT molecular complexity index is 2160. The molecule has 0 N–H and O–H groups in total. The Balaban J connectivity index is 0.000000315. The fourth-order valence-electron chi connectivity index (χ4n) is 9.68. The van der Waals surface area contributed by atoms with E-state index in [2.05, 4.69) is 245 Å². The van der Waals surface area contributed by atoms with E-state index in [1.54, 1.807) is 0 Å². The summed E-state index contributed by atoms with van der Waals surface area (Å²) in [6, 6.07) is 65.0. The van der Waals surface area contributed by atoms with Gasteiger partial charge in [-0.3, -0.25) is 0 Å². The zero-order valence-electron chi connectivity index (χ0n) is 40.0. The average molecular weight is 960 g/mol. The van der Waals surface area contributed by atoms with Gasteiger partial charge in [0.25, 0.3) is 0 Å². The van der Waals surface area contributed by atoms with Crippen LogP contribution in [0.1, 0.15) is 68.7 Å². The summed E-state index contributed by atoms with van der Waals surface area (Å²) in [5.74, 6) is 0.693. The molecule has 6 aromatic rings. The van der Waals surface area contributed by atoms with Crippen LogP contribution >= 0.6 is 34.6 Å². The zero-order valence-corrected chi connectivity index (χ0v) is 45.7. The van der Waals surface area contributed by atoms with Gasteiger partial charge in [-0.05, 0) is 71.8 Å². The highest BCUT2D eigenvalue weighted by molar-refractivity contribution is 8.17. The lowest BCUT2D eigenvalue weighted by atomic mass is 9.59. The van der Waals surface area contributed by atoms with Crippen LogP contribution in [0.4, 0.5) is 0 Å². The largest absolute Gasteiger partial charge is 0.407 e. The smallest absolute Gasteiger partial charge is 0.240 e. The molecule has 0 amide bonds. The van der Waals surface area contributed by atoms with Gasteiger partial charge in [0, 0.05) is 5.92 Å². The molecule has 338 valence electrons. The Morgan fingerprint density at radius 3 is 1.03 bits per heavy atom. The van der Waals surface area contributed by atoms with Crippen molar-refractivity contribution in [2.24, 2.45) is 22.7 Å². The Morgan fingerprint density at radius 1 is 0.484 bits per heavy atom. The molecule has 8 heteroatoms. The van der Waals surface area contributed by atoms with Crippen LogP contribution in [-0.4, -0.2) is 54.3 Å². The predicted octanol–water partition coefficient (Wildman–Crippen LogP) is 10.8. The van der Waals surface area contributed by atoms with E-state index in [4.69, 9.17) is 19.9 Å². The molecule has 1 aliphatic carbocycles. The minimum Gasteiger partial charge on any atom is -0.407 e. The van der Waals surface area contributed by atoms with Crippen LogP contribution < -0.4 is 31.1 Å². The first-order valence-corrected chi connectivity index (χ1v) is 31.6. The van der Waals surface area contributed by atoms with Gasteiger partial charge < -0.3 is 8.85 Å². The third-order valence-electron chi connectivity index (χ3n) is 13.0. The highest BCUT2D eigenvalue weighted by Crippen LogP contribution is 2.64. The molecule has 1 aliphatic rings. The summed E-state index contributed by atoms with van der Waals surface area (Å²) in [7, 11) is -6.21. The predicted molar refractivity (Wildman–Crippen MR) is 292 cm³/mol. The lowest BCUT2D eigenvalue weighted by molar-refractivity contribution is -0.100. The Hall–Kier alpha value is -3.12. The number of hydrogen-bond acceptors (Lipinski definition) is 4. The van der Waals surface area contributed by atoms with E-state index in [9.17, 15) is 0 Å². The van der Waals surface area contributed by atoms with E-state index in [-0.39, 0.29) is 32.2 Å². The van der Waals surface area contributed by atoms with Crippen LogP contribution in [0, 0.1) is 22.7 Å². The molecule has 2 unspecified atom stereocenters. The van der Waals surface area contributed by atoms with E-state index >= 15 is 0 Å². The van der Waals surface area contributed by atoms with E-state index in [0.29, 0.717) is 11.8 Å². The van der Waals surface area contributed by atoms with Crippen LogP contribution in [0.3, 0.4) is 0 Å². The first kappa shape index (κ1) is 50.3. The van der Waals surface area contributed by atoms with Gasteiger partial charge >= 0.3 is 0 Å². The summed E-state index contributed by atoms with van der Waals surface area (Å²) >= 11 is 11.3.